The van der Waals surface area contributed by atoms with Crippen LogP contribution in [-0.4, -0.2) is 49.0 Å². The summed E-state index contributed by atoms with van der Waals surface area (Å²) >= 11 is 0. The fourth-order valence-electron chi connectivity index (χ4n) is 3.45. The van der Waals surface area contributed by atoms with Gasteiger partial charge in [-0.2, -0.15) is 0 Å². The van der Waals surface area contributed by atoms with Gasteiger partial charge in [0, 0.05) is 26.2 Å². The summed E-state index contributed by atoms with van der Waals surface area (Å²) in [5.74, 6) is 0.815. The lowest BCUT2D eigenvalue weighted by Gasteiger charge is -2.33. The largest absolute Gasteiger partial charge is 0.481 e. The second-order valence-corrected chi connectivity index (χ2v) is 7.66. The van der Waals surface area contributed by atoms with Crippen molar-refractivity contribution in [3.63, 3.8) is 0 Å². The monoisotopic (exact) mass is 375 g/mol. The standard InChI is InChI=1S/C21H33N3O3/c1-14(2)18-8-7-15(3)12-19(18)27-16(4)21(26)24-11-5-6-17(13-24)20(25)23-10-9-22/h7-8,12,14,16-17H,5-6,9-11,13,22H2,1-4H3,(H,23,25). The van der Waals surface area contributed by atoms with E-state index in [1.807, 2.05) is 13.0 Å². The van der Waals surface area contributed by atoms with Gasteiger partial charge in [0.25, 0.3) is 5.91 Å². The number of carbonyl (C=O) groups is 2. The van der Waals surface area contributed by atoms with Gasteiger partial charge in [-0.15, -0.1) is 0 Å². The maximum atomic E-state index is 12.9. The van der Waals surface area contributed by atoms with Crippen LogP contribution in [-0.2, 0) is 9.59 Å². The number of benzene rings is 1. The molecule has 0 aliphatic carbocycles. The number of carbonyl (C=O) groups excluding carboxylic acids is 2. The molecule has 0 bridgehead atoms. The number of rotatable bonds is 7. The quantitative estimate of drug-likeness (QED) is 0.765. The van der Waals surface area contributed by atoms with E-state index in [1.54, 1.807) is 11.8 Å². The summed E-state index contributed by atoms with van der Waals surface area (Å²) in [4.78, 5) is 26.9. The topological polar surface area (TPSA) is 84.7 Å². The van der Waals surface area contributed by atoms with Gasteiger partial charge in [-0.1, -0.05) is 26.0 Å². The smallest absolute Gasteiger partial charge is 0.263 e. The van der Waals surface area contributed by atoms with Crippen LogP contribution in [0.4, 0.5) is 0 Å². The molecule has 6 nitrogen and oxygen atoms in total. The molecule has 150 valence electrons. The number of piperidine rings is 1. The number of nitrogens with zero attached hydrogens (tertiary/aromatic N) is 1. The van der Waals surface area contributed by atoms with Gasteiger partial charge in [-0.3, -0.25) is 9.59 Å². The van der Waals surface area contributed by atoms with Crippen LogP contribution in [0.5, 0.6) is 5.75 Å². The van der Waals surface area contributed by atoms with Crippen LogP contribution in [0.3, 0.4) is 0 Å². The summed E-state index contributed by atoms with van der Waals surface area (Å²) in [5, 5.41) is 2.82. The highest BCUT2D eigenvalue weighted by Gasteiger charge is 2.31. The first-order valence-electron chi connectivity index (χ1n) is 9.87. The van der Waals surface area contributed by atoms with Crippen LogP contribution in [0, 0.1) is 12.8 Å². The third kappa shape index (κ3) is 5.70. The Morgan fingerprint density at radius 1 is 1.33 bits per heavy atom. The summed E-state index contributed by atoms with van der Waals surface area (Å²) in [6, 6.07) is 6.10. The molecule has 2 amide bonds. The minimum absolute atomic E-state index is 0.0210. The highest BCUT2D eigenvalue weighted by molar-refractivity contribution is 5.83. The minimum atomic E-state index is -0.588. The lowest BCUT2D eigenvalue weighted by Crippen LogP contribution is -2.49. The molecule has 3 N–H and O–H groups in total. The maximum absolute atomic E-state index is 12.9. The predicted octanol–water partition coefficient (Wildman–Crippen LogP) is 2.20. The molecule has 1 heterocycles. The molecule has 1 aliphatic heterocycles. The molecule has 1 fully saturated rings. The molecule has 2 unspecified atom stereocenters. The van der Waals surface area contributed by atoms with Crippen molar-refractivity contribution in [3.8, 4) is 5.75 Å². The van der Waals surface area contributed by atoms with Crippen LogP contribution >= 0.6 is 0 Å². The molecular weight excluding hydrogens is 342 g/mol. The first-order chi connectivity index (χ1) is 12.8. The molecule has 27 heavy (non-hydrogen) atoms. The number of nitrogens with two attached hydrogens (primary N) is 1. The van der Waals surface area contributed by atoms with Crippen LogP contribution in [0.25, 0.3) is 0 Å². The Hall–Kier alpha value is -2.08. The van der Waals surface area contributed by atoms with Crippen LogP contribution in [0.1, 0.15) is 50.7 Å². The summed E-state index contributed by atoms with van der Waals surface area (Å²) < 4.78 is 6.05. The fourth-order valence-corrected chi connectivity index (χ4v) is 3.45. The molecule has 1 aliphatic rings. The van der Waals surface area contributed by atoms with E-state index in [0.29, 0.717) is 32.1 Å². The van der Waals surface area contributed by atoms with E-state index < -0.39 is 6.10 Å². The van der Waals surface area contributed by atoms with Crippen LogP contribution in [0.15, 0.2) is 18.2 Å². The number of likely N-dealkylation sites (tertiary alicyclic amines) is 1. The van der Waals surface area contributed by atoms with Crippen molar-refractivity contribution < 1.29 is 14.3 Å². The van der Waals surface area contributed by atoms with E-state index in [2.05, 4.69) is 31.3 Å². The molecule has 0 radical (unpaired) electrons. The van der Waals surface area contributed by atoms with E-state index in [-0.39, 0.29) is 17.7 Å². The van der Waals surface area contributed by atoms with E-state index in [0.717, 1.165) is 29.7 Å². The van der Waals surface area contributed by atoms with Crippen molar-refractivity contribution in [2.45, 2.75) is 52.6 Å². The van der Waals surface area contributed by atoms with Gasteiger partial charge in [0.2, 0.25) is 5.91 Å². The van der Waals surface area contributed by atoms with Crippen LogP contribution in [0.2, 0.25) is 0 Å². The van der Waals surface area contributed by atoms with E-state index >= 15 is 0 Å². The van der Waals surface area contributed by atoms with Gasteiger partial charge >= 0.3 is 0 Å². The molecule has 0 spiro atoms. The van der Waals surface area contributed by atoms with Crippen molar-refractivity contribution in [1.29, 1.82) is 0 Å². The van der Waals surface area contributed by atoms with Crippen molar-refractivity contribution >= 4 is 11.8 Å². The van der Waals surface area contributed by atoms with Gasteiger partial charge in [0.1, 0.15) is 5.75 Å². The highest BCUT2D eigenvalue weighted by Crippen LogP contribution is 2.29. The summed E-state index contributed by atoms with van der Waals surface area (Å²) in [6.45, 7) is 10.0. The average Bonchev–Trinajstić information content (AvgIpc) is 2.65. The Balaban J connectivity index is 2.02. The first-order valence-corrected chi connectivity index (χ1v) is 9.87. The first kappa shape index (κ1) is 21.2. The zero-order valence-electron chi connectivity index (χ0n) is 17.0. The van der Waals surface area contributed by atoms with Gasteiger partial charge in [0.05, 0.1) is 5.92 Å². The molecule has 2 atom stereocenters. The second kappa shape index (κ2) is 9.74. The molecule has 2 rings (SSSR count). The van der Waals surface area contributed by atoms with E-state index in [9.17, 15) is 9.59 Å². The SMILES string of the molecule is Cc1ccc(C(C)C)c(OC(C)C(=O)N2CCCC(C(=O)NCCN)C2)c1. The Bertz CT molecular complexity index is 660. The van der Waals surface area contributed by atoms with Gasteiger partial charge in [-0.05, 0) is 49.8 Å². The normalized spacial score (nSPS) is 18.3. The molecule has 6 heteroatoms. The summed E-state index contributed by atoms with van der Waals surface area (Å²) in [6.07, 6.45) is 1.03. The lowest BCUT2D eigenvalue weighted by molar-refractivity contribution is -0.141. The van der Waals surface area contributed by atoms with Gasteiger partial charge < -0.3 is 20.7 Å². The third-order valence-corrected chi connectivity index (χ3v) is 4.99. The van der Waals surface area contributed by atoms with Gasteiger partial charge in [-0.25, -0.2) is 0 Å². The van der Waals surface area contributed by atoms with Crippen molar-refractivity contribution in [2.75, 3.05) is 26.2 Å². The van der Waals surface area contributed by atoms with Crippen molar-refractivity contribution in [3.05, 3.63) is 29.3 Å². The number of hydrogen-bond donors (Lipinski definition) is 2. The Morgan fingerprint density at radius 3 is 2.74 bits per heavy atom. The molecule has 1 saturated heterocycles. The average molecular weight is 376 g/mol. The highest BCUT2D eigenvalue weighted by atomic mass is 16.5. The number of amides is 2. The molecule has 0 aromatic heterocycles. The lowest BCUT2D eigenvalue weighted by atomic mass is 9.96. The Morgan fingerprint density at radius 2 is 2.07 bits per heavy atom. The number of ether oxygens (including phenoxy) is 1. The Labute approximate surface area is 162 Å². The molecule has 0 saturated carbocycles. The second-order valence-electron chi connectivity index (χ2n) is 7.66. The number of hydrogen-bond acceptors (Lipinski definition) is 4. The maximum Gasteiger partial charge on any atom is 0.263 e. The Kier molecular flexibility index (Phi) is 7.66. The van der Waals surface area contributed by atoms with Crippen molar-refractivity contribution in [2.24, 2.45) is 11.7 Å². The van der Waals surface area contributed by atoms with Crippen LogP contribution < -0.4 is 15.8 Å². The van der Waals surface area contributed by atoms with E-state index in [1.165, 1.54) is 0 Å². The third-order valence-electron chi connectivity index (χ3n) is 4.99. The van der Waals surface area contributed by atoms with Crippen molar-refractivity contribution in [1.82, 2.24) is 10.2 Å². The summed E-state index contributed by atoms with van der Waals surface area (Å²) in [7, 11) is 0. The zero-order chi connectivity index (χ0) is 20.0. The molecule has 1 aromatic carbocycles. The summed E-state index contributed by atoms with van der Waals surface area (Å²) in [5.41, 5.74) is 7.64. The fraction of sp³-hybridized carbons (Fsp3) is 0.619. The molecular formula is C21H33N3O3. The van der Waals surface area contributed by atoms with E-state index in [4.69, 9.17) is 10.5 Å². The zero-order valence-corrected chi connectivity index (χ0v) is 17.0. The number of aryl methyl sites for hydroxylation is 1. The molecule has 1 aromatic rings. The van der Waals surface area contributed by atoms with Gasteiger partial charge in [0.15, 0.2) is 6.10 Å². The predicted molar refractivity (Wildman–Crippen MR) is 107 cm³/mol. The minimum Gasteiger partial charge on any atom is -0.481 e. The number of nitrogens with one attached hydrogen (secondary N) is 1.